The van der Waals surface area contributed by atoms with E-state index in [1.54, 1.807) is 19.1 Å². The van der Waals surface area contributed by atoms with Gasteiger partial charge in [0.05, 0.1) is 16.1 Å². The van der Waals surface area contributed by atoms with Gasteiger partial charge >= 0.3 is 0 Å². The molecule has 0 unspecified atom stereocenters. The first-order chi connectivity index (χ1) is 9.79. The van der Waals surface area contributed by atoms with Crippen LogP contribution in [0.3, 0.4) is 0 Å². The molecule has 6 heteroatoms. The van der Waals surface area contributed by atoms with Gasteiger partial charge in [-0.15, -0.1) is 0 Å². The average molecular weight is 394 g/mol. The quantitative estimate of drug-likeness (QED) is 0.643. The Kier molecular flexibility index (Phi) is 5.15. The van der Waals surface area contributed by atoms with E-state index in [0.29, 0.717) is 37.1 Å². The molecule has 0 saturated heterocycles. The average Bonchev–Trinajstić information content (AvgIpc) is 2.39. The molecule has 2 aromatic carbocycles. The Morgan fingerprint density at radius 3 is 2.43 bits per heavy atom. The molecule has 0 aromatic heterocycles. The van der Waals surface area contributed by atoms with Gasteiger partial charge in [0.1, 0.15) is 17.3 Å². The van der Waals surface area contributed by atoms with Gasteiger partial charge in [-0.25, -0.2) is 4.39 Å². The zero-order valence-corrected chi connectivity index (χ0v) is 14.4. The fourth-order valence-corrected chi connectivity index (χ4v) is 2.62. The Hall–Kier alpha value is -0.810. The molecular formula is C15H12BrCl2FO2. The van der Waals surface area contributed by atoms with Crippen molar-refractivity contribution in [3.05, 3.63) is 55.7 Å². The van der Waals surface area contributed by atoms with Gasteiger partial charge in [-0.2, -0.15) is 0 Å². The highest BCUT2D eigenvalue weighted by molar-refractivity contribution is 9.10. The minimum atomic E-state index is -0.875. The maximum atomic E-state index is 13.6. The number of aliphatic hydroxyl groups excluding tert-OH is 1. The SMILES string of the molecule is Cc1cc(Oc2cc(Cl)c(Br)cc2Cl)c([C@@H](C)O)cc1F. The van der Waals surface area contributed by atoms with Gasteiger partial charge in [0.25, 0.3) is 0 Å². The second kappa shape index (κ2) is 6.53. The van der Waals surface area contributed by atoms with Crippen molar-refractivity contribution in [2.75, 3.05) is 0 Å². The maximum absolute atomic E-state index is 13.6. The van der Waals surface area contributed by atoms with E-state index >= 15 is 0 Å². The number of rotatable bonds is 3. The first-order valence-corrected chi connectivity index (χ1v) is 7.65. The lowest BCUT2D eigenvalue weighted by Gasteiger charge is -2.16. The summed E-state index contributed by atoms with van der Waals surface area (Å²) in [5.41, 5.74) is 0.752. The molecule has 1 atom stereocenters. The second-order valence-electron chi connectivity index (χ2n) is 4.61. The molecule has 112 valence electrons. The molecule has 0 fully saturated rings. The largest absolute Gasteiger partial charge is 0.455 e. The number of ether oxygens (including phenoxy) is 1. The van der Waals surface area contributed by atoms with Crippen molar-refractivity contribution in [3.8, 4) is 11.5 Å². The van der Waals surface area contributed by atoms with E-state index in [4.69, 9.17) is 27.9 Å². The lowest BCUT2D eigenvalue weighted by molar-refractivity contribution is 0.195. The van der Waals surface area contributed by atoms with Crippen LogP contribution in [0.4, 0.5) is 4.39 Å². The Labute approximate surface area is 140 Å². The molecule has 0 bridgehead atoms. The number of hydrogen-bond acceptors (Lipinski definition) is 2. The van der Waals surface area contributed by atoms with Crippen LogP contribution in [-0.4, -0.2) is 5.11 Å². The topological polar surface area (TPSA) is 29.5 Å². The van der Waals surface area contributed by atoms with Gasteiger partial charge in [0.2, 0.25) is 0 Å². The Morgan fingerprint density at radius 1 is 1.14 bits per heavy atom. The van der Waals surface area contributed by atoms with Crippen molar-refractivity contribution >= 4 is 39.1 Å². The van der Waals surface area contributed by atoms with Crippen LogP contribution in [-0.2, 0) is 0 Å². The lowest BCUT2D eigenvalue weighted by atomic mass is 10.1. The number of benzene rings is 2. The van der Waals surface area contributed by atoms with E-state index in [0.717, 1.165) is 0 Å². The summed E-state index contributed by atoms with van der Waals surface area (Å²) in [6, 6.07) is 5.93. The summed E-state index contributed by atoms with van der Waals surface area (Å²) in [4.78, 5) is 0. The van der Waals surface area contributed by atoms with Crippen LogP contribution in [0.15, 0.2) is 28.7 Å². The molecule has 0 saturated carbocycles. The summed E-state index contributed by atoms with van der Waals surface area (Å²) in [5, 5.41) is 10.5. The Balaban J connectivity index is 2.48. The molecule has 2 nitrogen and oxygen atoms in total. The molecule has 0 amide bonds. The predicted molar refractivity (Wildman–Crippen MR) is 86.0 cm³/mol. The minimum absolute atomic E-state index is 0.331. The number of aryl methyl sites for hydroxylation is 1. The van der Waals surface area contributed by atoms with E-state index in [1.807, 2.05) is 0 Å². The van der Waals surface area contributed by atoms with E-state index < -0.39 is 11.9 Å². The third kappa shape index (κ3) is 3.69. The molecule has 1 N–H and O–H groups in total. The fraction of sp³-hybridized carbons (Fsp3) is 0.200. The van der Waals surface area contributed by atoms with Gasteiger partial charge < -0.3 is 9.84 Å². The van der Waals surface area contributed by atoms with Crippen molar-refractivity contribution in [1.82, 2.24) is 0 Å². The maximum Gasteiger partial charge on any atom is 0.147 e. The molecule has 2 aromatic rings. The fourth-order valence-electron chi connectivity index (χ4n) is 1.79. The van der Waals surface area contributed by atoms with Crippen LogP contribution in [0, 0.1) is 12.7 Å². The van der Waals surface area contributed by atoms with Crippen LogP contribution >= 0.6 is 39.1 Å². The van der Waals surface area contributed by atoms with E-state index in [-0.39, 0.29) is 0 Å². The van der Waals surface area contributed by atoms with Gasteiger partial charge in [0, 0.05) is 16.1 Å². The molecule has 0 aliphatic heterocycles. The summed E-state index contributed by atoms with van der Waals surface area (Å²) in [7, 11) is 0. The van der Waals surface area contributed by atoms with Gasteiger partial charge in [0.15, 0.2) is 0 Å². The molecular weight excluding hydrogens is 382 g/mol. The minimum Gasteiger partial charge on any atom is -0.455 e. The summed E-state index contributed by atoms with van der Waals surface area (Å²) in [5.74, 6) is 0.264. The van der Waals surface area contributed by atoms with E-state index in [9.17, 15) is 9.50 Å². The van der Waals surface area contributed by atoms with Crippen molar-refractivity contribution in [1.29, 1.82) is 0 Å². The van der Waals surface area contributed by atoms with Crippen molar-refractivity contribution in [3.63, 3.8) is 0 Å². The zero-order chi connectivity index (χ0) is 15.7. The number of halogens is 4. The first-order valence-electron chi connectivity index (χ1n) is 6.10. The van der Waals surface area contributed by atoms with Gasteiger partial charge in [-0.3, -0.25) is 0 Å². The molecule has 0 aliphatic carbocycles. The lowest BCUT2D eigenvalue weighted by Crippen LogP contribution is -1.99. The van der Waals surface area contributed by atoms with Crippen LogP contribution in [0.1, 0.15) is 24.2 Å². The molecule has 2 rings (SSSR count). The Bertz CT molecular complexity index is 690. The molecule has 0 heterocycles. The standard InChI is InChI=1S/C15H12BrCl2FO2/c1-7-3-14(9(8(2)20)4-13(7)19)21-15-6-11(17)10(16)5-12(15)18/h3-6,8,20H,1-2H3/t8-/m1/s1. The van der Waals surface area contributed by atoms with Gasteiger partial charge in [-0.05, 0) is 53.5 Å². The summed E-state index contributed by atoms with van der Waals surface area (Å²) >= 11 is 15.4. The van der Waals surface area contributed by atoms with Crippen molar-refractivity contribution in [2.45, 2.75) is 20.0 Å². The summed E-state index contributed by atoms with van der Waals surface area (Å²) in [6.07, 6.45) is -0.875. The highest BCUT2D eigenvalue weighted by atomic mass is 79.9. The third-order valence-corrected chi connectivity index (χ3v) is 4.43. The van der Waals surface area contributed by atoms with Crippen molar-refractivity contribution in [2.24, 2.45) is 0 Å². The highest BCUT2D eigenvalue weighted by Gasteiger charge is 2.16. The smallest absolute Gasteiger partial charge is 0.147 e. The number of aliphatic hydroxyl groups is 1. The third-order valence-electron chi connectivity index (χ3n) is 2.94. The Morgan fingerprint density at radius 2 is 1.81 bits per heavy atom. The van der Waals surface area contributed by atoms with Gasteiger partial charge in [-0.1, -0.05) is 23.2 Å². The molecule has 0 radical (unpaired) electrons. The molecule has 0 aliphatic rings. The normalized spacial score (nSPS) is 12.3. The summed E-state index contributed by atoms with van der Waals surface area (Å²) < 4.78 is 20.0. The van der Waals surface area contributed by atoms with Crippen molar-refractivity contribution < 1.29 is 14.2 Å². The van der Waals surface area contributed by atoms with Crippen LogP contribution in [0.2, 0.25) is 10.0 Å². The molecule has 21 heavy (non-hydrogen) atoms. The van der Waals surface area contributed by atoms with Crippen LogP contribution < -0.4 is 4.74 Å². The monoisotopic (exact) mass is 392 g/mol. The van der Waals surface area contributed by atoms with Crippen LogP contribution in [0.5, 0.6) is 11.5 Å². The predicted octanol–water partition coefficient (Wildman–Crippen LogP) is 6.05. The first kappa shape index (κ1) is 16.6. The number of hydrogen-bond donors (Lipinski definition) is 1. The zero-order valence-electron chi connectivity index (χ0n) is 11.3. The van der Waals surface area contributed by atoms with E-state index in [1.165, 1.54) is 19.1 Å². The highest BCUT2D eigenvalue weighted by Crippen LogP contribution is 2.39. The molecule has 0 spiro atoms. The van der Waals surface area contributed by atoms with Crippen LogP contribution in [0.25, 0.3) is 0 Å². The second-order valence-corrected chi connectivity index (χ2v) is 6.28. The van der Waals surface area contributed by atoms with E-state index in [2.05, 4.69) is 15.9 Å². The summed E-state index contributed by atoms with van der Waals surface area (Å²) in [6.45, 7) is 3.15.